The van der Waals surface area contributed by atoms with E-state index in [9.17, 15) is 14.9 Å². The molecular formula is C15H15NO5. The van der Waals surface area contributed by atoms with Crippen LogP contribution in [0.2, 0.25) is 0 Å². The van der Waals surface area contributed by atoms with Gasteiger partial charge in [0.25, 0.3) is 5.70 Å². The highest BCUT2D eigenvalue weighted by atomic mass is 16.6. The van der Waals surface area contributed by atoms with E-state index in [2.05, 4.69) is 0 Å². The number of hydrogen-bond acceptors (Lipinski definition) is 4. The number of hydrogen-bond donors (Lipinski definition) is 1. The van der Waals surface area contributed by atoms with Gasteiger partial charge in [-0.25, -0.2) is 0 Å². The summed E-state index contributed by atoms with van der Waals surface area (Å²) < 4.78 is 5.17. The molecule has 0 aromatic heterocycles. The van der Waals surface area contributed by atoms with Crippen molar-refractivity contribution in [2.24, 2.45) is 0 Å². The van der Waals surface area contributed by atoms with Crippen LogP contribution in [0.15, 0.2) is 54.3 Å². The zero-order valence-corrected chi connectivity index (χ0v) is 11.4. The summed E-state index contributed by atoms with van der Waals surface area (Å²) >= 11 is 0. The first-order chi connectivity index (χ1) is 9.98. The molecule has 0 fully saturated rings. The largest absolute Gasteiger partial charge is 0.481 e. The highest BCUT2D eigenvalue weighted by molar-refractivity contribution is 5.70. The maximum Gasteiger partial charge on any atom is 0.307 e. The lowest BCUT2D eigenvalue weighted by Gasteiger charge is -2.28. The molecule has 110 valence electrons. The zero-order chi connectivity index (χ0) is 15.5. The van der Waals surface area contributed by atoms with Gasteiger partial charge in [-0.05, 0) is 11.6 Å². The molecule has 1 aromatic rings. The Labute approximate surface area is 121 Å². The molecule has 0 saturated heterocycles. The van der Waals surface area contributed by atoms with Crippen LogP contribution < -0.4 is 0 Å². The van der Waals surface area contributed by atoms with Gasteiger partial charge in [-0.3, -0.25) is 14.9 Å². The molecule has 2 rings (SSSR count). The summed E-state index contributed by atoms with van der Waals surface area (Å²) in [5, 5.41) is 20.3. The molecule has 0 bridgehead atoms. The van der Waals surface area contributed by atoms with Gasteiger partial charge in [-0.15, -0.1) is 0 Å². The molecule has 0 heterocycles. The molecule has 1 N–H and O–H groups in total. The second-order valence-corrected chi connectivity index (χ2v) is 4.77. The molecule has 1 aliphatic carbocycles. The lowest BCUT2D eigenvalue weighted by molar-refractivity contribution is -0.443. The average molecular weight is 289 g/mol. The van der Waals surface area contributed by atoms with Crippen LogP contribution in [0.4, 0.5) is 0 Å². The third kappa shape index (κ3) is 3.00. The predicted molar refractivity (Wildman–Crippen MR) is 75.4 cm³/mol. The van der Waals surface area contributed by atoms with Crippen LogP contribution in [0.1, 0.15) is 17.9 Å². The maximum absolute atomic E-state index is 11.3. The first-order valence-electron chi connectivity index (χ1n) is 6.36. The second-order valence-electron chi connectivity index (χ2n) is 4.77. The number of carboxylic acid groups (broad SMARTS) is 1. The van der Waals surface area contributed by atoms with Gasteiger partial charge in [0.2, 0.25) is 0 Å². The fourth-order valence-electron chi connectivity index (χ4n) is 2.43. The van der Waals surface area contributed by atoms with Crippen molar-refractivity contribution in [1.29, 1.82) is 0 Å². The molecule has 1 aromatic carbocycles. The van der Waals surface area contributed by atoms with Crippen molar-refractivity contribution in [2.75, 3.05) is 7.11 Å². The van der Waals surface area contributed by atoms with E-state index in [1.807, 2.05) is 30.3 Å². The number of carbonyl (C=O) groups is 1. The van der Waals surface area contributed by atoms with Crippen LogP contribution in [0.3, 0.4) is 0 Å². The Hall–Kier alpha value is -2.47. The highest BCUT2D eigenvalue weighted by Gasteiger charge is 2.45. The molecule has 21 heavy (non-hydrogen) atoms. The lowest BCUT2D eigenvalue weighted by Crippen LogP contribution is -2.39. The first-order valence-corrected chi connectivity index (χ1v) is 6.36. The van der Waals surface area contributed by atoms with Crippen LogP contribution in [0.5, 0.6) is 0 Å². The van der Waals surface area contributed by atoms with Crippen LogP contribution in [-0.2, 0) is 9.53 Å². The van der Waals surface area contributed by atoms with Gasteiger partial charge in [0.1, 0.15) is 0 Å². The van der Waals surface area contributed by atoms with Gasteiger partial charge in [0, 0.05) is 19.1 Å². The molecule has 0 saturated carbocycles. The SMILES string of the molecule is COC1(CC(=O)O)C=CC(c2ccccc2)C=C1[N+](=O)[O-]. The maximum atomic E-state index is 11.3. The van der Waals surface area contributed by atoms with Crippen LogP contribution in [0, 0.1) is 10.1 Å². The Morgan fingerprint density at radius 2 is 2.10 bits per heavy atom. The van der Waals surface area contributed by atoms with E-state index < -0.39 is 22.9 Å². The van der Waals surface area contributed by atoms with E-state index >= 15 is 0 Å². The van der Waals surface area contributed by atoms with Crippen molar-refractivity contribution in [1.82, 2.24) is 0 Å². The van der Waals surface area contributed by atoms with E-state index in [-0.39, 0.29) is 11.6 Å². The normalized spacial score (nSPS) is 24.4. The molecule has 0 spiro atoms. The third-order valence-electron chi connectivity index (χ3n) is 3.50. The summed E-state index contributed by atoms with van der Waals surface area (Å²) in [7, 11) is 1.27. The average Bonchev–Trinajstić information content (AvgIpc) is 2.47. The zero-order valence-electron chi connectivity index (χ0n) is 11.4. The summed E-state index contributed by atoms with van der Waals surface area (Å²) in [4.78, 5) is 21.7. The number of rotatable bonds is 5. The van der Waals surface area contributed by atoms with Gasteiger partial charge in [0.15, 0.2) is 5.60 Å². The van der Waals surface area contributed by atoms with Gasteiger partial charge < -0.3 is 9.84 Å². The molecule has 6 heteroatoms. The number of methoxy groups -OCH3 is 1. The highest BCUT2D eigenvalue weighted by Crippen LogP contribution is 2.36. The number of benzene rings is 1. The minimum atomic E-state index is -1.53. The van der Waals surface area contributed by atoms with Crippen molar-refractivity contribution < 1.29 is 19.6 Å². The summed E-state index contributed by atoms with van der Waals surface area (Å²) in [6, 6.07) is 9.27. The Bertz CT molecular complexity index is 608. The fraction of sp³-hybridized carbons (Fsp3) is 0.267. The first kappa shape index (κ1) is 14.9. The van der Waals surface area contributed by atoms with Crippen LogP contribution in [-0.4, -0.2) is 28.7 Å². The van der Waals surface area contributed by atoms with Gasteiger partial charge in [-0.1, -0.05) is 36.4 Å². The summed E-state index contributed by atoms with van der Waals surface area (Å²) in [6.45, 7) is 0. The minimum absolute atomic E-state index is 0.247. The van der Waals surface area contributed by atoms with Gasteiger partial charge in [0.05, 0.1) is 11.3 Å². The summed E-state index contributed by atoms with van der Waals surface area (Å²) in [5.41, 5.74) is -0.877. The fourth-order valence-corrected chi connectivity index (χ4v) is 2.43. The number of nitrogens with zero attached hydrogens (tertiary/aromatic N) is 1. The van der Waals surface area contributed by atoms with E-state index in [0.29, 0.717) is 0 Å². The Kier molecular flexibility index (Phi) is 4.18. The van der Waals surface area contributed by atoms with Gasteiger partial charge in [-0.2, -0.15) is 0 Å². The molecule has 2 atom stereocenters. The number of ether oxygens (including phenoxy) is 1. The molecule has 0 radical (unpaired) electrons. The Morgan fingerprint density at radius 3 is 2.62 bits per heavy atom. The van der Waals surface area contributed by atoms with Crippen molar-refractivity contribution in [3.63, 3.8) is 0 Å². The monoisotopic (exact) mass is 289 g/mol. The van der Waals surface area contributed by atoms with E-state index in [1.165, 1.54) is 19.3 Å². The van der Waals surface area contributed by atoms with Crippen molar-refractivity contribution >= 4 is 5.97 Å². The van der Waals surface area contributed by atoms with Crippen molar-refractivity contribution in [3.8, 4) is 0 Å². The van der Waals surface area contributed by atoms with Crippen molar-refractivity contribution in [2.45, 2.75) is 17.9 Å². The summed E-state index contributed by atoms with van der Waals surface area (Å²) in [6.07, 6.45) is 4.15. The topological polar surface area (TPSA) is 89.7 Å². The second kappa shape index (κ2) is 5.88. The molecular weight excluding hydrogens is 274 g/mol. The van der Waals surface area contributed by atoms with E-state index in [4.69, 9.17) is 9.84 Å². The molecule has 0 amide bonds. The van der Waals surface area contributed by atoms with Crippen molar-refractivity contribution in [3.05, 3.63) is 69.9 Å². The number of nitro groups is 1. The van der Waals surface area contributed by atoms with Crippen LogP contribution >= 0.6 is 0 Å². The quantitative estimate of drug-likeness (QED) is 0.510. The molecule has 0 aliphatic heterocycles. The molecule has 2 unspecified atom stereocenters. The lowest BCUT2D eigenvalue weighted by atomic mass is 9.84. The van der Waals surface area contributed by atoms with Gasteiger partial charge >= 0.3 is 5.97 Å². The predicted octanol–water partition coefficient (Wildman–Crippen LogP) is 2.36. The minimum Gasteiger partial charge on any atom is -0.481 e. The molecule has 1 aliphatic rings. The Morgan fingerprint density at radius 1 is 1.43 bits per heavy atom. The summed E-state index contributed by atoms with van der Waals surface area (Å²) in [5.74, 6) is -1.43. The third-order valence-corrected chi connectivity index (χ3v) is 3.50. The van der Waals surface area contributed by atoms with E-state index in [1.54, 1.807) is 6.08 Å². The molecule has 6 nitrogen and oxygen atoms in total. The van der Waals surface area contributed by atoms with E-state index in [0.717, 1.165) is 5.56 Å². The smallest absolute Gasteiger partial charge is 0.307 e. The van der Waals surface area contributed by atoms with Crippen LogP contribution in [0.25, 0.3) is 0 Å². The number of aliphatic carboxylic acids is 1. The Balaban J connectivity index is 2.43. The standard InChI is InChI=1S/C15H15NO5/c1-21-15(10-14(17)18)8-7-12(9-13(15)16(19)20)11-5-3-2-4-6-11/h2-9,12H,10H2,1H3,(H,17,18). The number of allylic oxidation sites excluding steroid dienone is 2. The number of carboxylic acids is 1.